The van der Waals surface area contributed by atoms with Gasteiger partial charge in [0.05, 0.1) is 6.10 Å². The Morgan fingerprint density at radius 3 is 2.11 bits per heavy atom. The molecule has 0 aliphatic carbocycles. The lowest BCUT2D eigenvalue weighted by Crippen LogP contribution is -2.44. The van der Waals surface area contributed by atoms with E-state index in [0.29, 0.717) is 0 Å². The summed E-state index contributed by atoms with van der Waals surface area (Å²) in [4.78, 5) is 0. The van der Waals surface area contributed by atoms with E-state index >= 15 is 0 Å². The van der Waals surface area contributed by atoms with E-state index < -0.39 is 8.32 Å². The molecule has 0 heterocycles. The zero-order chi connectivity index (χ0) is 15.3. The molecule has 0 aromatic heterocycles. The van der Waals surface area contributed by atoms with Crippen molar-refractivity contribution in [1.29, 1.82) is 0 Å². The lowest BCUT2D eigenvalue weighted by Gasteiger charge is -2.39. The number of rotatable bonds is 6. The highest BCUT2D eigenvalue weighted by Gasteiger charge is 2.39. The van der Waals surface area contributed by atoms with Gasteiger partial charge in [-0.1, -0.05) is 45.4 Å². The van der Waals surface area contributed by atoms with E-state index in [1.807, 2.05) is 0 Å². The molecule has 0 aromatic rings. The normalized spacial score (nSPS) is 16.7. The SMILES string of the molecule is C/C=C(/C)[C@@H](C/C=C(\C)CC)O[Si](C)(C)C(C)(C)C. The Labute approximate surface area is 122 Å². The highest BCUT2D eigenvalue weighted by Crippen LogP contribution is 2.38. The van der Waals surface area contributed by atoms with E-state index in [4.69, 9.17) is 4.43 Å². The fourth-order valence-electron chi connectivity index (χ4n) is 1.50. The molecule has 1 nitrogen and oxygen atoms in total. The molecule has 2 heteroatoms. The third-order valence-electron chi connectivity index (χ3n) is 4.44. The molecule has 0 saturated heterocycles. The van der Waals surface area contributed by atoms with Crippen LogP contribution in [-0.4, -0.2) is 14.4 Å². The fraction of sp³-hybridized carbons (Fsp3) is 0.765. The zero-order valence-electron chi connectivity index (χ0n) is 14.6. The van der Waals surface area contributed by atoms with Crippen LogP contribution in [0.3, 0.4) is 0 Å². The molecule has 0 saturated carbocycles. The molecule has 0 aliphatic heterocycles. The summed E-state index contributed by atoms with van der Waals surface area (Å²) in [6.07, 6.45) is 6.90. The summed E-state index contributed by atoms with van der Waals surface area (Å²) in [6, 6.07) is 0. The van der Waals surface area contributed by atoms with Crippen molar-refractivity contribution in [2.45, 2.75) is 85.5 Å². The summed E-state index contributed by atoms with van der Waals surface area (Å²) < 4.78 is 6.58. The van der Waals surface area contributed by atoms with E-state index in [1.54, 1.807) is 0 Å². The van der Waals surface area contributed by atoms with Crippen molar-refractivity contribution in [3.63, 3.8) is 0 Å². The third kappa shape index (κ3) is 6.09. The van der Waals surface area contributed by atoms with E-state index in [0.717, 1.165) is 12.8 Å². The molecule has 0 radical (unpaired) electrons. The number of hydrogen-bond acceptors (Lipinski definition) is 1. The fourth-order valence-corrected chi connectivity index (χ4v) is 2.84. The molecule has 0 rings (SSSR count). The first-order chi connectivity index (χ1) is 8.55. The lowest BCUT2D eigenvalue weighted by molar-refractivity contribution is 0.216. The first-order valence-electron chi connectivity index (χ1n) is 7.51. The van der Waals surface area contributed by atoms with Gasteiger partial charge in [-0.15, -0.1) is 0 Å². The van der Waals surface area contributed by atoms with Gasteiger partial charge in [0, 0.05) is 0 Å². The first-order valence-corrected chi connectivity index (χ1v) is 10.4. The lowest BCUT2D eigenvalue weighted by atomic mass is 10.1. The van der Waals surface area contributed by atoms with Crippen LogP contribution in [0, 0.1) is 0 Å². The molecular formula is C17H34OSi. The van der Waals surface area contributed by atoms with Crippen LogP contribution in [0.2, 0.25) is 18.1 Å². The first kappa shape index (κ1) is 18.7. The van der Waals surface area contributed by atoms with E-state index in [1.165, 1.54) is 11.1 Å². The Morgan fingerprint density at radius 2 is 1.74 bits per heavy atom. The highest BCUT2D eigenvalue weighted by atomic mass is 28.4. The van der Waals surface area contributed by atoms with Crippen LogP contribution < -0.4 is 0 Å². The zero-order valence-corrected chi connectivity index (χ0v) is 15.6. The second kappa shape index (κ2) is 7.44. The monoisotopic (exact) mass is 282 g/mol. The maximum Gasteiger partial charge on any atom is 0.192 e. The van der Waals surface area contributed by atoms with Gasteiger partial charge in [-0.25, -0.2) is 0 Å². The van der Waals surface area contributed by atoms with Crippen molar-refractivity contribution in [1.82, 2.24) is 0 Å². The minimum atomic E-state index is -1.70. The molecule has 0 unspecified atom stereocenters. The molecule has 0 spiro atoms. The van der Waals surface area contributed by atoms with Crippen LogP contribution in [0.5, 0.6) is 0 Å². The quantitative estimate of drug-likeness (QED) is 0.423. The average Bonchev–Trinajstić information content (AvgIpc) is 2.31. The van der Waals surface area contributed by atoms with E-state index in [2.05, 4.69) is 73.7 Å². The molecule has 112 valence electrons. The summed E-state index contributed by atoms with van der Waals surface area (Å²) in [7, 11) is -1.70. The van der Waals surface area contributed by atoms with Crippen molar-refractivity contribution in [2.24, 2.45) is 0 Å². The third-order valence-corrected chi connectivity index (χ3v) is 8.93. The van der Waals surface area contributed by atoms with Crippen LogP contribution in [0.15, 0.2) is 23.3 Å². The predicted molar refractivity (Wildman–Crippen MR) is 90.2 cm³/mol. The van der Waals surface area contributed by atoms with Gasteiger partial charge in [0.2, 0.25) is 0 Å². The van der Waals surface area contributed by atoms with Gasteiger partial charge in [-0.3, -0.25) is 0 Å². The predicted octanol–water partition coefficient (Wildman–Crippen LogP) is 6.09. The van der Waals surface area contributed by atoms with Crippen molar-refractivity contribution in [2.75, 3.05) is 0 Å². The van der Waals surface area contributed by atoms with Crippen molar-refractivity contribution in [3.8, 4) is 0 Å². The van der Waals surface area contributed by atoms with Crippen LogP contribution in [-0.2, 0) is 4.43 Å². The Morgan fingerprint density at radius 1 is 1.21 bits per heavy atom. The van der Waals surface area contributed by atoms with E-state index in [9.17, 15) is 0 Å². The van der Waals surface area contributed by atoms with Crippen LogP contribution >= 0.6 is 0 Å². The summed E-state index contributed by atoms with van der Waals surface area (Å²) >= 11 is 0. The smallest absolute Gasteiger partial charge is 0.192 e. The minimum absolute atomic E-state index is 0.243. The van der Waals surface area contributed by atoms with Crippen molar-refractivity contribution >= 4 is 8.32 Å². The average molecular weight is 283 g/mol. The second-order valence-corrected chi connectivity index (χ2v) is 11.8. The summed E-state index contributed by atoms with van der Waals surface area (Å²) in [5, 5.41) is 0.267. The standard InChI is InChI=1S/C17H34OSi/c1-10-14(3)12-13-16(15(4)11-2)18-19(8,9)17(5,6)7/h11-12,16H,10,13H2,1-9H3/b14-12+,15-11-/t16-/m1/s1. The topological polar surface area (TPSA) is 9.23 Å². The molecule has 0 fully saturated rings. The Hall–Kier alpha value is -0.343. The number of hydrogen-bond donors (Lipinski definition) is 0. The van der Waals surface area contributed by atoms with Crippen LogP contribution in [0.1, 0.15) is 61.3 Å². The molecule has 19 heavy (non-hydrogen) atoms. The summed E-state index contributed by atoms with van der Waals surface area (Å²) in [5.74, 6) is 0. The van der Waals surface area contributed by atoms with Gasteiger partial charge in [0.1, 0.15) is 0 Å². The second-order valence-electron chi connectivity index (χ2n) is 7.04. The van der Waals surface area contributed by atoms with Gasteiger partial charge >= 0.3 is 0 Å². The number of allylic oxidation sites excluding steroid dienone is 2. The maximum atomic E-state index is 6.58. The molecular weight excluding hydrogens is 248 g/mol. The van der Waals surface area contributed by atoms with Gasteiger partial charge in [-0.2, -0.15) is 0 Å². The summed E-state index contributed by atoms with van der Waals surface area (Å²) in [6.45, 7) is 20.3. The molecule has 0 N–H and O–H groups in total. The van der Waals surface area contributed by atoms with Gasteiger partial charge in [0.25, 0.3) is 0 Å². The highest BCUT2D eigenvalue weighted by molar-refractivity contribution is 6.74. The Kier molecular flexibility index (Phi) is 7.31. The van der Waals surface area contributed by atoms with E-state index in [-0.39, 0.29) is 11.1 Å². The largest absolute Gasteiger partial charge is 0.410 e. The maximum absolute atomic E-state index is 6.58. The molecule has 1 atom stereocenters. The van der Waals surface area contributed by atoms with Crippen molar-refractivity contribution < 1.29 is 4.43 Å². The van der Waals surface area contributed by atoms with Crippen molar-refractivity contribution in [3.05, 3.63) is 23.3 Å². The summed E-state index contributed by atoms with van der Waals surface area (Å²) in [5.41, 5.74) is 2.80. The molecule has 0 bridgehead atoms. The van der Waals surface area contributed by atoms with Gasteiger partial charge in [-0.05, 0) is 57.3 Å². The molecule has 0 amide bonds. The van der Waals surface area contributed by atoms with Crippen LogP contribution in [0.25, 0.3) is 0 Å². The molecule has 0 aromatic carbocycles. The Balaban J connectivity index is 5.00. The Bertz CT molecular complexity index is 332. The van der Waals surface area contributed by atoms with Gasteiger partial charge in [0.15, 0.2) is 8.32 Å². The van der Waals surface area contributed by atoms with Gasteiger partial charge < -0.3 is 4.43 Å². The molecule has 0 aliphatic rings. The minimum Gasteiger partial charge on any atom is -0.410 e. The van der Waals surface area contributed by atoms with Crippen LogP contribution in [0.4, 0.5) is 0 Å².